The van der Waals surface area contributed by atoms with E-state index in [4.69, 9.17) is 23.2 Å². The van der Waals surface area contributed by atoms with Crippen LogP contribution in [-0.4, -0.2) is 17.5 Å². The van der Waals surface area contributed by atoms with E-state index < -0.39 is 4.92 Å². The molecule has 0 bridgehead atoms. The Morgan fingerprint density at radius 3 is 2.40 bits per heavy atom. The van der Waals surface area contributed by atoms with Crippen LogP contribution in [0.2, 0.25) is 10.0 Å². The molecule has 6 heteroatoms. The van der Waals surface area contributed by atoms with E-state index in [2.05, 4.69) is 26.1 Å². The molecule has 1 atom stereocenters. The highest BCUT2D eigenvalue weighted by Crippen LogP contribution is 2.31. The topological polar surface area (TPSA) is 55.2 Å². The minimum atomic E-state index is -0.408. The SMILES string of the molecule is CCCNC(Cc1cc(Cl)c(Cl)cc1[N+](=O)[O-])C(C)C. The standard InChI is InChI=1S/C14H20Cl2N2O2/c1-4-5-17-13(9(2)3)7-10-6-11(15)12(16)8-14(10)18(19)20/h6,8-9,13,17H,4-5,7H2,1-3H3. The summed E-state index contributed by atoms with van der Waals surface area (Å²) in [6.45, 7) is 7.16. The second-order valence-electron chi connectivity index (χ2n) is 5.16. The van der Waals surface area contributed by atoms with Gasteiger partial charge < -0.3 is 5.32 Å². The Morgan fingerprint density at radius 2 is 1.90 bits per heavy atom. The van der Waals surface area contributed by atoms with Crippen molar-refractivity contribution >= 4 is 28.9 Å². The largest absolute Gasteiger partial charge is 0.313 e. The van der Waals surface area contributed by atoms with Crippen molar-refractivity contribution in [3.63, 3.8) is 0 Å². The first kappa shape index (κ1) is 17.2. The molecule has 0 heterocycles. The van der Waals surface area contributed by atoms with Crippen LogP contribution >= 0.6 is 23.2 Å². The summed E-state index contributed by atoms with van der Waals surface area (Å²) in [5.74, 6) is 0.371. The summed E-state index contributed by atoms with van der Waals surface area (Å²) in [7, 11) is 0. The van der Waals surface area contributed by atoms with E-state index in [1.54, 1.807) is 6.07 Å². The minimum Gasteiger partial charge on any atom is -0.313 e. The molecule has 0 aliphatic heterocycles. The molecule has 0 fully saturated rings. The monoisotopic (exact) mass is 318 g/mol. The summed E-state index contributed by atoms with van der Waals surface area (Å²) in [5, 5.41) is 15.1. The van der Waals surface area contributed by atoms with Crippen molar-refractivity contribution in [2.24, 2.45) is 5.92 Å². The van der Waals surface area contributed by atoms with Gasteiger partial charge in [0.1, 0.15) is 0 Å². The van der Waals surface area contributed by atoms with Gasteiger partial charge in [-0.25, -0.2) is 0 Å². The van der Waals surface area contributed by atoms with Gasteiger partial charge >= 0.3 is 0 Å². The number of rotatable bonds is 7. The van der Waals surface area contributed by atoms with E-state index >= 15 is 0 Å². The molecule has 0 saturated carbocycles. The summed E-state index contributed by atoms with van der Waals surface area (Å²) in [6.07, 6.45) is 1.58. The lowest BCUT2D eigenvalue weighted by molar-refractivity contribution is -0.385. The summed E-state index contributed by atoms with van der Waals surface area (Å²) >= 11 is 11.8. The maximum atomic E-state index is 11.1. The average Bonchev–Trinajstić information content (AvgIpc) is 2.37. The zero-order valence-electron chi connectivity index (χ0n) is 12.0. The van der Waals surface area contributed by atoms with Crippen LogP contribution in [0.5, 0.6) is 0 Å². The average molecular weight is 319 g/mol. The molecule has 112 valence electrons. The number of hydrogen-bond donors (Lipinski definition) is 1. The Bertz CT molecular complexity index is 478. The smallest absolute Gasteiger partial charge is 0.274 e. The van der Waals surface area contributed by atoms with Crippen molar-refractivity contribution in [3.8, 4) is 0 Å². The summed E-state index contributed by atoms with van der Waals surface area (Å²) in [4.78, 5) is 10.7. The van der Waals surface area contributed by atoms with E-state index in [1.807, 2.05) is 0 Å². The third-order valence-electron chi connectivity index (χ3n) is 3.22. The molecule has 0 radical (unpaired) electrons. The molecular weight excluding hydrogens is 299 g/mol. The third kappa shape index (κ3) is 4.62. The molecule has 0 saturated heterocycles. The van der Waals surface area contributed by atoms with Crippen LogP contribution in [0.4, 0.5) is 5.69 Å². The summed E-state index contributed by atoms with van der Waals surface area (Å²) < 4.78 is 0. The Labute approximate surface area is 129 Å². The van der Waals surface area contributed by atoms with Gasteiger partial charge in [-0.15, -0.1) is 0 Å². The fourth-order valence-electron chi connectivity index (χ4n) is 2.02. The summed E-state index contributed by atoms with van der Waals surface area (Å²) in [6, 6.07) is 3.10. The second kappa shape index (κ2) is 7.81. The lowest BCUT2D eigenvalue weighted by Gasteiger charge is -2.22. The van der Waals surface area contributed by atoms with Crippen LogP contribution < -0.4 is 5.32 Å². The van der Waals surface area contributed by atoms with Gasteiger partial charge in [0, 0.05) is 17.7 Å². The molecule has 0 spiro atoms. The van der Waals surface area contributed by atoms with Crippen LogP contribution in [0, 0.1) is 16.0 Å². The zero-order chi connectivity index (χ0) is 15.3. The van der Waals surface area contributed by atoms with Crippen LogP contribution in [0.1, 0.15) is 32.8 Å². The zero-order valence-corrected chi connectivity index (χ0v) is 13.5. The maximum absolute atomic E-state index is 11.1. The molecule has 20 heavy (non-hydrogen) atoms. The quantitative estimate of drug-likeness (QED) is 0.596. The lowest BCUT2D eigenvalue weighted by Crippen LogP contribution is -2.36. The Morgan fingerprint density at radius 1 is 1.30 bits per heavy atom. The summed E-state index contributed by atoms with van der Waals surface area (Å²) in [5.41, 5.74) is 0.648. The van der Waals surface area contributed by atoms with Gasteiger partial charge in [0.2, 0.25) is 0 Å². The minimum absolute atomic E-state index is 0.0309. The number of nitrogens with zero attached hydrogens (tertiary/aromatic N) is 1. The number of nitro benzene ring substituents is 1. The van der Waals surface area contributed by atoms with Crippen molar-refractivity contribution in [2.45, 2.75) is 39.7 Å². The van der Waals surface area contributed by atoms with Crippen molar-refractivity contribution in [3.05, 3.63) is 37.9 Å². The highest BCUT2D eigenvalue weighted by Gasteiger charge is 2.21. The van der Waals surface area contributed by atoms with E-state index in [1.165, 1.54) is 6.07 Å². The van der Waals surface area contributed by atoms with Crippen molar-refractivity contribution in [2.75, 3.05) is 6.54 Å². The van der Waals surface area contributed by atoms with Gasteiger partial charge in [-0.05, 0) is 31.4 Å². The van der Waals surface area contributed by atoms with Gasteiger partial charge in [-0.3, -0.25) is 10.1 Å². The van der Waals surface area contributed by atoms with Gasteiger partial charge in [-0.1, -0.05) is 44.0 Å². The number of hydrogen-bond acceptors (Lipinski definition) is 3. The number of halogens is 2. The fourth-order valence-corrected chi connectivity index (χ4v) is 2.37. The first-order chi connectivity index (χ1) is 9.36. The van der Waals surface area contributed by atoms with E-state index in [0.29, 0.717) is 22.9 Å². The maximum Gasteiger partial charge on any atom is 0.274 e. The van der Waals surface area contributed by atoms with Gasteiger partial charge in [-0.2, -0.15) is 0 Å². The van der Waals surface area contributed by atoms with Gasteiger partial charge in [0.05, 0.1) is 15.0 Å². The van der Waals surface area contributed by atoms with E-state index in [9.17, 15) is 10.1 Å². The van der Waals surface area contributed by atoms with Crippen LogP contribution in [0.25, 0.3) is 0 Å². The molecule has 0 aliphatic carbocycles. The van der Waals surface area contributed by atoms with Gasteiger partial charge in [0.25, 0.3) is 5.69 Å². The van der Waals surface area contributed by atoms with E-state index in [0.717, 1.165) is 13.0 Å². The molecular formula is C14H20Cl2N2O2. The Hall–Kier alpha value is -0.840. The van der Waals surface area contributed by atoms with E-state index in [-0.39, 0.29) is 16.8 Å². The predicted octanol–water partition coefficient (Wildman–Crippen LogP) is 4.47. The predicted molar refractivity (Wildman–Crippen MR) is 83.7 cm³/mol. The first-order valence-corrected chi connectivity index (χ1v) is 7.48. The molecule has 4 nitrogen and oxygen atoms in total. The fraction of sp³-hybridized carbons (Fsp3) is 0.571. The molecule has 1 aromatic rings. The molecule has 0 aromatic heterocycles. The molecule has 1 rings (SSSR count). The van der Waals surface area contributed by atoms with Crippen LogP contribution in [0.3, 0.4) is 0 Å². The lowest BCUT2D eigenvalue weighted by atomic mass is 9.95. The molecule has 0 amide bonds. The third-order valence-corrected chi connectivity index (χ3v) is 3.94. The molecule has 1 aromatic carbocycles. The van der Waals surface area contributed by atoms with Crippen molar-refractivity contribution in [1.82, 2.24) is 5.32 Å². The van der Waals surface area contributed by atoms with Crippen LogP contribution in [0.15, 0.2) is 12.1 Å². The van der Waals surface area contributed by atoms with Crippen molar-refractivity contribution in [1.29, 1.82) is 0 Å². The Balaban J connectivity index is 3.04. The molecule has 0 aliphatic rings. The number of nitro groups is 1. The number of benzene rings is 1. The van der Waals surface area contributed by atoms with Gasteiger partial charge in [0.15, 0.2) is 0 Å². The highest BCUT2D eigenvalue weighted by atomic mass is 35.5. The Kier molecular flexibility index (Phi) is 6.72. The van der Waals surface area contributed by atoms with Crippen molar-refractivity contribution < 1.29 is 4.92 Å². The normalized spacial score (nSPS) is 12.7. The second-order valence-corrected chi connectivity index (χ2v) is 5.98. The van der Waals surface area contributed by atoms with Crippen LogP contribution in [-0.2, 0) is 6.42 Å². The molecule has 1 N–H and O–H groups in total. The number of nitrogens with one attached hydrogen (secondary N) is 1. The molecule has 1 unspecified atom stereocenters. The first-order valence-electron chi connectivity index (χ1n) is 6.72. The highest BCUT2D eigenvalue weighted by molar-refractivity contribution is 6.42.